The van der Waals surface area contributed by atoms with Crippen LogP contribution in [0.3, 0.4) is 0 Å². The van der Waals surface area contributed by atoms with Crippen LogP contribution in [-0.4, -0.2) is 72.0 Å². The largest absolute Gasteiger partial charge is 0.497 e. The first-order valence-electron chi connectivity index (χ1n) is 15.2. The van der Waals surface area contributed by atoms with Gasteiger partial charge < -0.3 is 23.8 Å². The first kappa shape index (κ1) is 31.0. The van der Waals surface area contributed by atoms with Crippen LogP contribution in [0.4, 0.5) is 5.95 Å². The molecular formula is C35H38N6O5. The maximum atomic E-state index is 12.9. The molecule has 6 rings (SSSR count). The Morgan fingerprint density at radius 2 is 1.57 bits per heavy atom. The predicted octanol–water partition coefficient (Wildman–Crippen LogP) is 5.35. The van der Waals surface area contributed by atoms with Crippen LogP contribution >= 0.6 is 0 Å². The number of hydrogen-bond donors (Lipinski definition) is 1. The second-order valence-electron chi connectivity index (χ2n) is 11.4. The standard InChI is InChI=1S/C35H38N6O5/c1-23-31-32(37-34(38-33(31)42)36-22-40(2)3)41(39-23)30-20-19-29(46-30)21-45-35(24-9-7-6-8-10-24,25-11-15-27(43-4)16-12-25)26-13-17-28(44-5)18-14-26/h6-18,22,29-30H,19-21H2,1-5H3,(H,37,38,42)/b36-22+/t29-,30+/m0/s1. The molecule has 3 heterocycles. The molecule has 11 heteroatoms. The average Bonchev–Trinajstić information content (AvgIpc) is 3.69. The van der Waals surface area contributed by atoms with E-state index in [1.54, 1.807) is 37.1 Å². The molecule has 1 aliphatic rings. The highest BCUT2D eigenvalue weighted by molar-refractivity contribution is 5.78. The number of ether oxygens (including phenoxy) is 4. The van der Waals surface area contributed by atoms with E-state index in [1.165, 1.54) is 0 Å². The van der Waals surface area contributed by atoms with Crippen molar-refractivity contribution < 1.29 is 18.9 Å². The van der Waals surface area contributed by atoms with Gasteiger partial charge in [-0.3, -0.25) is 9.78 Å². The van der Waals surface area contributed by atoms with Crippen molar-refractivity contribution in [1.82, 2.24) is 24.6 Å². The normalized spacial score (nSPS) is 16.7. The van der Waals surface area contributed by atoms with Gasteiger partial charge in [0, 0.05) is 14.1 Å². The molecule has 1 N–H and O–H groups in total. The monoisotopic (exact) mass is 622 g/mol. The lowest BCUT2D eigenvalue weighted by atomic mass is 9.80. The minimum atomic E-state index is -0.954. The Labute approximate surface area is 267 Å². The van der Waals surface area contributed by atoms with Gasteiger partial charge in [-0.1, -0.05) is 54.6 Å². The molecule has 11 nitrogen and oxygen atoms in total. The molecule has 1 saturated heterocycles. The Morgan fingerprint density at radius 3 is 2.15 bits per heavy atom. The topological polar surface area (TPSA) is 116 Å². The Kier molecular flexibility index (Phi) is 8.87. The van der Waals surface area contributed by atoms with Gasteiger partial charge in [0.1, 0.15) is 22.5 Å². The van der Waals surface area contributed by atoms with Crippen molar-refractivity contribution in [3.63, 3.8) is 0 Å². The van der Waals surface area contributed by atoms with E-state index in [0.717, 1.165) is 34.6 Å². The molecule has 46 heavy (non-hydrogen) atoms. The molecule has 0 radical (unpaired) electrons. The summed E-state index contributed by atoms with van der Waals surface area (Å²) in [6.45, 7) is 2.10. The quantitative estimate of drug-likeness (QED) is 0.119. The molecule has 0 amide bonds. The summed E-state index contributed by atoms with van der Waals surface area (Å²) in [5.41, 5.74) is 2.65. The number of fused-ring (bicyclic) bond motifs is 1. The van der Waals surface area contributed by atoms with Gasteiger partial charge in [0.25, 0.3) is 5.56 Å². The molecule has 1 aliphatic heterocycles. The van der Waals surface area contributed by atoms with Crippen molar-refractivity contribution in [2.45, 2.75) is 37.7 Å². The average molecular weight is 623 g/mol. The number of H-pyrrole nitrogens is 1. The van der Waals surface area contributed by atoms with E-state index in [-0.39, 0.29) is 17.6 Å². The van der Waals surface area contributed by atoms with E-state index in [4.69, 9.17) is 18.9 Å². The second-order valence-corrected chi connectivity index (χ2v) is 11.4. The number of benzene rings is 3. The van der Waals surface area contributed by atoms with Gasteiger partial charge in [0.2, 0.25) is 5.95 Å². The third-order valence-electron chi connectivity index (χ3n) is 8.15. The third kappa shape index (κ3) is 5.99. The van der Waals surface area contributed by atoms with Gasteiger partial charge in [-0.25, -0.2) is 9.67 Å². The van der Waals surface area contributed by atoms with E-state index >= 15 is 0 Å². The molecule has 5 aromatic rings. The molecule has 0 unspecified atom stereocenters. The predicted molar refractivity (Wildman–Crippen MR) is 176 cm³/mol. The lowest BCUT2D eigenvalue weighted by molar-refractivity contribution is -0.0781. The van der Waals surface area contributed by atoms with Crippen LogP contribution in [-0.2, 0) is 15.1 Å². The first-order valence-corrected chi connectivity index (χ1v) is 15.2. The fourth-order valence-electron chi connectivity index (χ4n) is 5.91. The maximum absolute atomic E-state index is 12.9. The zero-order valence-electron chi connectivity index (χ0n) is 26.6. The van der Waals surface area contributed by atoms with Gasteiger partial charge in [0.05, 0.1) is 39.0 Å². The summed E-state index contributed by atoms with van der Waals surface area (Å²) in [6, 6.07) is 26.1. The number of aryl methyl sites for hydroxylation is 1. The molecule has 2 aromatic heterocycles. The number of aliphatic imine (C=N–C) groups is 1. The summed E-state index contributed by atoms with van der Waals surface area (Å²) in [5.74, 6) is 1.72. The van der Waals surface area contributed by atoms with Crippen molar-refractivity contribution in [2.24, 2.45) is 4.99 Å². The van der Waals surface area contributed by atoms with Crippen LogP contribution in [0.1, 0.15) is 41.5 Å². The molecule has 3 aromatic carbocycles. The van der Waals surface area contributed by atoms with Crippen molar-refractivity contribution in [2.75, 3.05) is 34.9 Å². The Hall–Kier alpha value is -5.00. The Bertz CT molecular complexity index is 1820. The molecule has 1 fully saturated rings. The Balaban J connectivity index is 1.33. The molecule has 0 bridgehead atoms. The van der Waals surface area contributed by atoms with Gasteiger partial charge in [-0.15, -0.1) is 0 Å². The zero-order valence-corrected chi connectivity index (χ0v) is 26.6. The van der Waals surface area contributed by atoms with Crippen molar-refractivity contribution in [1.29, 1.82) is 0 Å². The van der Waals surface area contributed by atoms with Crippen molar-refractivity contribution in [3.8, 4) is 11.5 Å². The highest BCUT2D eigenvalue weighted by Crippen LogP contribution is 2.43. The highest BCUT2D eigenvalue weighted by Gasteiger charge is 2.40. The van der Waals surface area contributed by atoms with E-state index in [2.05, 4.69) is 32.2 Å². The van der Waals surface area contributed by atoms with E-state index in [0.29, 0.717) is 29.8 Å². The summed E-state index contributed by atoms with van der Waals surface area (Å²) >= 11 is 0. The summed E-state index contributed by atoms with van der Waals surface area (Å²) in [4.78, 5) is 26.4. The molecule has 2 atom stereocenters. The fraction of sp³-hybridized carbons (Fsp3) is 0.314. The van der Waals surface area contributed by atoms with Gasteiger partial charge in [-0.05, 0) is 60.7 Å². The molecular weight excluding hydrogens is 584 g/mol. The van der Waals surface area contributed by atoms with E-state index < -0.39 is 11.8 Å². The zero-order chi connectivity index (χ0) is 32.3. The Morgan fingerprint density at radius 1 is 0.957 bits per heavy atom. The lowest BCUT2D eigenvalue weighted by Crippen LogP contribution is -2.35. The van der Waals surface area contributed by atoms with Crippen LogP contribution < -0.4 is 15.0 Å². The van der Waals surface area contributed by atoms with Crippen LogP contribution in [0.25, 0.3) is 11.0 Å². The number of hydrogen-bond acceptors (Lipinski definition) is 8. The molecule has 238 valence electrons. The summed E-state index contributed by atoms with van der Waals surface area (Å²) in [5, 5.41) is 5.10. The van der Waals surface area contributed by atoms with Gasteiger partial charge in [-0.2, -0.15) is 10.1 Å². The van der Waals surface area contributed by atoms with E-state index in [1.807, 2.05) is 80.8 Å². The smallest absolute Gasteiger partial charge is 0.263 e. The highest BCUT2D eigenvalue weighted by atomic mass is 16.6. The maximum Gasteiger partial charge on any atom is 0.263 e. The summed E-state index contributed by atoms with van der Waals surface area (Å²) in [6.07, 6.45) is 2.34. The van der Waals surface area contributed by atoms with Crippen LogP contribution in [0.2, 0.25) is 0 Å². The lowest BCUT2D eigenvalue weighted by Gasteiger charge is -2.37. The second kappa shape index (κ2) is 13.2. The first-order chi connectivity index (χ1) is 22.3. The molecule has 0 spiro atoms. The van der Waals surface area contributed by atoms with E-state index in [9.17, 15) is 4.79 Å². The van der Waals surface area contributed by atoms with Gasteiger partial charge in [0.15, 0.2) is 11.9 Å². The summed E-state index contributed by atoms with van der Waals surface area (Å²) in [7, 11) is 7.00. The number of aromatic amines is 1. The molecule has 0 aliphatic carbocycles. The third-order valence-corrected chi connectivity index (χ3v) is 8.15. The number of rotatable bonds is 11. The number of nitrogens with zero attached hydrogens (tertiary/aromatic N) is 5. The SMILES string of the molecule is COc1ccc(C(OC[C@@H]2CC[C@H](n3nc(C)c4c(=O)[nH]c(/N=C/N(C)C)nc43)O2)(c2ccccc2)c2ccc(OC)cc2)cc1. The minimum absolute atomic E-state index is 0.205. The number of methoxy groups -OCH3 is 2. The number of aromatic nitrogens is 4. The van der Waals surface area contributed by atoms with Crippen molar-refractivity contribution in [3.05, 3.63) is 112 Å². The number of nitrogens with one attached hydrogen (secondary N) is 1. The minimum Gasteiger partial charge on any atom is -0.497 e. The fourth-order valence-corrected chi connectivity index (χ4v) is 5.91. The molecule has 0 saturated carbocycles. The van der Waals surface area contributed by atoms with Gasteiger partial charge >= 0.3 is 0 Å². The van der Waals surface area contributed by atoms with Crippen LogP contribution in [0, 0.1) is 6.92 Å². The van der Waals surface area contributed by atoms with Crippen LogP contribution in [0.15, 0.2) is 88.6 Å². The van der Waals surface area contributed by atoms with Crippen molar-refractivity contribution >= 4 is 23.3 Å². The summed E-state index contributed by atoms with van der Waals surface area (Å²) < 4.78 is 26.3. The van der Waals surface area contributed by atoms with Crippen LogP contribution in [0.5, 0.6) is 11.5 Å².